The number of hydrogen-bond donors (Lipinski definition) is 1. The second kappa shape index (κ2) is 4.00. The molecule has 18 heavy (non-hydrogen) atoms. The van der Waals surface area contributed by atoms with Crippen molar-refractivity contribution in [2.45, 2.75) is 39.7 Å². The highest BCUT2D eigenvalue weighted by Crippen LogP contribution is 2.38. The lowest BCUT2D eigenvalue weighted by atomic mass is 10.1. The van der Waals surface area contributed by atoms with E-state index >= 15 is 0 Å². The largest absolute Gasteiger partial charge is 0.369 e. The van der Waals surface area contributed by atoms with Gasteiger partial charge < -0.3 is 5.73 Å². The van der Waals surface area contributed by atoms with Gasteiger partial charge in [0.2, 0.25) is 5.95 Å². The van der Waals surface area contributed by atoms with Crippen LogP contribution in [-0.4, -0.2) is 19.3 Å². The van der Waals surface area contributed by atoms with Crippen molar-refractivity contribution in [2.75, 3.05) is 5.73 Å². The van der Waals surface area contributed by atoms with Crippen molar-refractivity contribution in [2.24, 2.45) is 18.9 Å². The minimum absolute atomic E-state index is 0.625. The SMILES string of the molecule is CCc1nn(C)c2c1nc(N)n2CC(C)C1CC1. The average molecular weight is 247 g/mol. The summed E-state index contributed by atoms with van der Waals surface area (Å²) in [4.78, 5) is 4.49. The maximum Gasteiger partial charge on any atom is 0.202 e. The number of hydrogen-bond acceptors (Lipinski definition) is 3. The summed E-state index contributed by atoms with van der Waals surface area (Å²) in [5.41, 5.74) is 9.15. The molecule has 1 aliphatic rings. The third-order valence-electron chi connectivity index (χ3n) is 4.05. The third kappa shape index (κ3) is 1.69. The molecule has 0 aromatic carbocycles. The number of aryl methyl sites for hydroxylation is 2. The number of nitrogens with two attached hydrogens (primary N) is 1. The molecule has 0 radical (unpaired) electrons. The van der Waals surface area contributed by atoms with E-state index in [-0.39, 0.29) is 0 Å². The quantitative estimate of drug-likeness (QED) is 0.898. The molecular formula is C13H21N5. The summed E-state index contributed by atoms with van der Waals surface area (Å²) in [6.07, 6.45) is 3.63. The Bertz CT molecular complexity index is 576. The lowest BCUT2D eigenvalue weighted by molar-refractivity contribution is 0.435. The lowest BCUT2D eigenvalue weighted by Crippen LogP contribution is -2.13. The van der Waals surface area contributed by atoms with Crippen LogP contribution < -0.4 is 5.73 Å². The van der Waals surface area contributed by atoms with Crippen LogP contribution in [0.1, 0.15) is 32.4 Å². The van der Waals surface area contributed by atoms with Crippen molar-refractivity contribution in [1.29, 1.82) is 0 Å². The molecule has 0 spiro atoms. The molecular weight excluding hydrogens is 226 g/mol. The van der Waals surface area contributed by atoms with Crippen LogP contribution in [0, 0.1) is 11.8 Å². The molecule has 1 fully saturated rings. The third-order valence-corrected chi connectivity index (χ3v) is 4.05. The van der Waals surface area contributed by atoms with Gasteiger partial charge in [0.15, 0.2) is 5.65 Å². The molecule has 0 amide bonds. The maximum absolute atomic E-state index is 6.07. The number of fused-ring (bicyclic) bond motifs is 1. The Balaban J connectivity index is 2.04. The number of anilines is 1. The zero-order chi connectivity index (χ0) is 12.9. The summed E-state index contributed by atoms with van der Waals surface area (Å²) in [7, 11) is 1.97. The zero-order valence-corrected chi connectivity index (χ0v) is 11.3. The van der Waals surface area contributed by atoms with E-state index in [2.05, 4.69) is 28.5 Å². The summed E-state index contributed by atoms with van der Waals surface area (Å²) < 4.78 is 4.04. The molecule has 2 aromatic rings. The topological polar surface area (TPSA) is 61.7 Å². The summed E-state index contributed by atoms with van der Waals surface area (Å²) in [6, 6.07) is 0. The normalized spacial score (nSPS) is 17.5. The van der Waals surface area contributed by atoms with Crippen molar-refractivity contribution in [3.05, 3.63) is 5.69 Å². The number of nitrogens with zero attached hydrogens (tertiary/aromatic N) is 4. The van der Waals surface area contributed by atoms with Gasteiger partial charge in [-0.15, -0.1) is 0 Å². The molecule has 1 saturated carbocycles. The fourth-order valence-corrected chi connectivity index (χ4v) is 2.78. The van der Waals surface area contributed by atoms with Gasteiger partial charge in [-0.2, -0.15) is 5.10 Å². The highest BCUT2D eigenvalue weighted by atomic mass is 15.3. The van der Waals surface area contributed by atoms with E-state index in [1.165, 1.54) is 12.8 Å². The highest BCUT2D eigenvalue weighted by molar-refractivity contribution is 5.77. The van der Waals surface area contributed by atoms with Gasteiger partial charge >= 0.3 is 0 Å². The van der Waals surface area contributed by atoms with E-state index in [0.29, 0.717) is 11.9 Å². The monoisotopic (exact) mass is 247 g/mol. The smallest absolute Gasteiger partial charge is 0.202 e. The summed E-state index contributed by atoms with van der Waals surface area (Å²) in [5, 5.41) is 4.52. The summed E-state index contributed by atoms with van der Waals surface area (Å²) in [5.74, 6) is 2.17. The van der Waals surface area contributed by atoms with Crippen molar-refractivity contribution in [3.63, 3.8) is 0 Å². The number of aromatic nitrogens is 4. The summed E-state index contributed by atoms with van der Waals surface area (Å²) >= 11 is 0. The molecule has 5 nitrogen and oxygen atoms in total. The molecule has 5 heteroatoms. The molecule has 2 N–H and O–H groups in total. The van der Waals surface area contributed by atoms with Gasteiger partial charge in [0.25, 0.3) is 0 Å². The van der Waals surface area contributed by atoms with Crippen molar-refractivity contribution in [1.82, 2.24) is 19.3 Å². The number of rotatable bonds is 4. The van der Waals surface area contributed by atoms with Gasteiger partial charge in [-0.3, -0.25) is 9.25 Å². The maximum atomic E-state index is 6.07. The molecule has 1 aliphatic carbocycles. The molecule has 0 bridgehead atoms. The van der Waals surface area contributed by atoms with E-state index in [1.807, 2.05) is 11.7 Å². The Hall–Kier alpha value is -1.52. The van der Waals surface area contributed by atoms with Crippen LogP contribution in [0.4, 0.5) is 5.95 Å². The first-order chi connectivity index (χ1) is 8.61. The van der Waals surface area contributed by atoms with Gasteiger partial charge in [0.05, 0.1) is 5.69 Å². The van der Waals surface area contributed by atoms with Crippen LogP contribution in [0.2, 0.25) is 0 Å². The van der Waals surface area contributed by atoms with E-state index in [4.69, 9.17) is 5.73 Å². The fourth-order valence-electron chi connectivity index (χ4n) is 2.78. The van der Waals surface area contributed by atoms with E-state index in [0.717, 1.165) is 35.7 Å². The van der Waals surface area contributed by atoms with Gasteiger partial charge in [0.1, 0.15) is 5.52 Å². The molecule has 3 rings (SSSR count). The molecule has 0 saturated heterocycles. The Morgan fingerprint density at radius 3 is 2.78 bits per heavy atom. The fraction of sp³-hybridized carbons (Fsp3) is 0.692. The average Bonchev–Trinajstić information content (AvgIpc) is 3.08. The van der Waals surface area contributed by atoms with Gasteiger partial charge in [0, 0.05) is 13.6 Å². The Morgan fingerprint density at radius 2 is 2.17 bits per heavy atom. The predicted octanol–water partition coefficient (Wildman–Crippen LogP) is 1.96. The summed E-state index contributed by atoms with van der Waals surface area (Å²) in [6.45, 7) is 5.36. The van der Waals surface area contributed by atoms with Crippen LogP contribution in [0.25, 0.3) is 11.2 Å². The molecule has 1 atom stereocenters. The van der Waals surface area contributed by atoms with Crippen molar-refractivity contribution in [3.8, 4) is 0 Å². The highest BCUT2D eigenvalue weighted by Gasteiger charge is 2.29. The minimum Gasteiger partial charge on any atom is -0.369 e. The predicted molar refractivity (Wildman–Crippen MR) is 72.2 cm³/mol. The van der Waals surface area contributed by atoms with Crippen molar-refractivity contribution < 1.29 is 0 Å². The Labute approximate surface area is 107 Å². The van der Waals surface area contributed by atoms with Crippen LogP contribution >= 0.6 is 0 Å². The van der Waals surface area contributed by atoms with E-state index in [9.17, 15) is 0 Å². The second-order valence-electron chi connectivity index (χ2n) is 5.49. The standard InChI is InChI=1S/C13H21N5/c1-4-10-11-12(17(3)16-10)18(13(14)15-11)7-8(2)9-5-6-9/h8-9H,4-7H2,1-3H3,(H2,14,15). The zero-order valence-electron chi connectivity index (χ0n) is 11.3. The number of nitrogen functional groups attached to an aromatic ring is 1. The van der Waals surface area contributed by atoms with Crippen LogP contribution in [0.3, 0.4) is 0 Å². The van der Waals surface area contributed by atoms with E-state index in [1.54, 1.807) is 0 Å². The second-order valence-corrected chi connectivity index (χ2v) is 5.49. The minimum atomic E-state index is 0.625. The molecule has 98 valence electrons. The first-order valence-corrected chi connectivity index (χ1v) is 6.79. The molecule has 1 unspecified atom stereocenters. The molecule has 0 aliphatic heterocycles. The Morgan fingerprint density at radius 1 is 1.44 bits per heavy atom. The van der Waals surface area contributed by atoms with Crippen LogP contribution in [-0.2, 0) is 20.0 Å². The van der Waals surface area contributed by atoms with Crippen molar-refractivity contribution >= 4 is 17.1 Å². The number of imidazole rings is 1. The van der Waals surface area contributed by atoms with Gasteiger partial charge in [-0.25, -0.2) is 4.98 Å². The van der Waals surface area contributed by atoms with Gasteiger partial charge in [-0.05, 0) is 31.1 Å². The lowest BCUT2D eigenvalue weighted by Gasteiger charge is -2.13. The first-order valence-electron chi connectivity index (χ1n) is 6.79. The molecule has 2 aromatic heterocycles. The first kappa shape index (κ1) is 11.6. The van der Waals surface area contributed by atoms with Crippen LogP contribution in [0.15, 0.2) is 0 Å². The van der Waals surface area contributed by atoms with Crippen LogP contribution in [0.5, 0.6) is 0 Å². The Kier molecular flexibility index (Phi) is 2.57. The van der Waals surface area contributed by atoms with E-state index < -0.39 is 0 Å². The van der Waals surface area contributed by atoms with Gasteiger partial charge in [-0.1, -0.05) is 13.8 Å². The molecule has 2 heterocycles.